The van der Waals surface area contributed by atoms with Crippen LogP contribution in [0.25, 0.3) is 77.2 Å². The lowest BCUT2D eigenvalue weighted by Crippen LogP contribution is -2.28. The fraction of sp³-hybridized carbons (Fsp3) is 0.0182. The molecule has 0 spiro atoms. The molecule has 0 bridgehead atoms. The Morgan fingerprint density at radius 3 is 1.23 bits per heavy atom. The Kier molecular flexibility index (Phi) is 6.88. The molecule has 2 aromatic heterocycles. The molecule has 0 atom stereocenters. The highest BCUT2D eigenvalue weighted by atomic mass is 15.0. The average Bonchev–Trinajstić information content (AvgIpc) is 3.90. The monoisotopic (exact) mass is 724 g/mol. The van der Waals surface area contributed by atoms with Crippen molar-refractivity contribution in [2.45, 2.75) is 5.41 Å². The highest BCUT2D eigenvalue weighted by Crippen LogP contribution is 2.57. The summed E-state index contributed by atoms with van der Waals surface area (Å²) < 4.78 is 4.84. The number of hydrogen-bond acceptors (Lipinski definition) is 0. The summed E-state index contributed by atoms with van der Waals surface area (Å²) in [4.78, 5) is 0. The Hall–Kier alpha value is -7.42. The van der Waals surface area contributed by atoms with E-state index >= 15 is 0 Å². The molecule has 2 heterocycles. The van der Waals surface area contributed by atoms with Gasteiger partial charge in [0.1, 0.15) is 0 Å². The molecule has 266 valence electrons. The van der Waals surface area contributed by atoms with E-state index in [9.17, 15) is 0 Å². The lowest BCUT2D eigenvalue weighted by molar-refractivity contribution is 0.769. The van der Waals surface area contributed by atoms with Gasteiger partial charge in [-0.2, -0.15) is 0 Å². The zero-order valence-electron chi connectivity index (χ0n) is 31.2. The first-order valence-electron chi connectivity index (χ1n) is 19.8. The van der Waals surface area contributed by atoms with Gasteiger partial charge in [-0.05, 0) is 99.1 Å². The molecule has 0 amide bonds. The summed E-state index contributed by atoms with van der Waals surface area (Å²) in [5, 5.41) is 5.08. The van der Waals surface area contributed by atoms with Gasteiger partial charge in [-0.25, -0.2) is 0 Å². The summed E-state index contributed by atoms with van der Waals surface area (Å²) in [6, 6.07) is 80.4. The molecule has 2 heteroatoms. The third-order valence-corrected chi connectivity index (χ3v) is 12.4. The van der Waals surface area contributed by atoms with Crippen molar-refractivity contribution in [3.05, 3.63) is 241 Å². The molecule has 0 unspecified atom stereocenters. The zero-order valence-corrected chi connectivity index (χ0v) is 31.2. The standard InChI is InChI=1S/C55H36N2/c1-3-15-39(16-4-1)55(40-17-5-2-6-18-40)49-23-11-7-19-43(49)47-35-48-46-22-10-14-26-53(46)57(54(48)36-50(47)55)42-33-29-38(30-34-42)37-27-31-41(32-28-37)56-51-24-12-8-20-44(51)45-21-9-13-25-52(45)56/h1-36H. The predicted octanol–water partition coefficient (Wildman–Crippen LogP) is 13.9. The molecule has 0 saturated heterocycles. The molecular formula is C55H36N2. The van der Waals surface area contributed by atoms with Crippen LogP contribution in [0.2, 0.25) is 0 Å². The van der Waals surface area contributed by atoms with E-state index in [1.165, 1.54) is 88.1 Å². The molecule has 0 radical (unpaired) electrons. The van der Waals surface area contributed by atoms with E-state index < -0.39 is 5.41 Å². The topological polar surface area (TPSA) is 9.86 Å². The van der Waals surface area contributed by atoms with Gasteiger partial charge in [-0.3, -0.25) is 0 Å². The second-order valence-corrected chi connectivity index (χ2v) is 15.3. The molecule has 9 aromatic carbocycles. The molecule has 2 nitrogen and oxygen atoms in total. The number of para-hydroxylation sites is 3. The summed E-state index contributed by atoms with van der Waals surface area (Å²) >= 11 is 0. The highest BCUT2D eigenvalue weighted by molar-refractivity contribution is 6.12. The summed E-state index contributed by atoms with van der Waals surface area (Å²) in [5.41, 5.74) is 16.9. The second-order valence-electron chi connectivity index (χ2n) is 15.3. The molecule has 57 heavy (non-hydrogen) atoms. The Bertz CT molecular complexity index is 3220. The minimum atomic E-state index is -0.459. The number of rotatable bonds is 5. The first-order chi connectivity index (χ1) is 28.3. The minimum Gasteiger partial charge on any atom is -0.309 e. The van der Waals surface area contributed by atoms with Crippen molar-refractivity contribution in [2.75, 3.05) is 0 Å². The SMILES string of the molecule is c1ccc(C2(c3ccccc3)c3ccccc3-c3cc4c5ccccc5n(-c5ccc(-c6ccc(-n7c8ccccc8c8ccccc87)cc6)cc5)c4cc32)cc1. The molecular weight excluding hydrogens is 689 g/mol. The van der Waals surface area contributed by atoms with Crippen LogP contribution >= 0.6 is 0 Å². The van der Waals surface area contributed by atoms with Crippen LogP contribution in [0.5, 0.6) is 0 Å². The van der Waals surface area contributed by atoms with Crippen molar-refractivity contribution in [1.29, 1.82) is 0 Å². The van der Waals surface area contributed by atoms with Crippen molar-refractivity contribution >= 4 is 43.6 Å². The van der Waals surface area contributed by atoms with E-state index in [-0.39, 0.29) is 0 Å². The van der Waals surface area contributed by atoms with Gasteiger partial charge in [-0.1, -0.05) is 164 Å². The Labute approximate surface area is 331 Å². The van der Waals surface area contributed by atoms with Crippen LogP contribution in [0.15, 0.2) is 218 Å². The third kappa shape index (κ3) is 4.53. The molecule has 0 saturated carbocycles. The van der Waals surface area contributed by atoms with Gasteiger partial charge in [0.2, 0.25) is 0 Å². The molecule has 1 aliphatic rings. The summed E-state index contributed by atoms with van der Waals surface area (Å²) in [6.45, 7) is 0. The van der Waals surface area contributed by atoms with E-state index in [4.69, 9.17) is 0 Å². The first-order valence-corrected chi connectivity index (χ1v) is 19.8. The van der Waals surface area contributed by atoms with E-state index in [0.717, 1.165) is 11.4 Å². The van der Waals surface area contributed by atoms with Crippen LogP contribution in [0.3, 0.4) is 0 Å². The maximum Gasteiger partial charge on any atom is 0.0714 e. The Morgan fingerprint density at radius 2 is 0.702 bits per heavy atom. The smallest absolute Gasteiger partial charge is 0.0714 e. The molecule has 0 fully saturated rings. The van der Waals surface area contributed by atoms with Crippen molar-refractivity contribution in [3.8, 4) is 33.6 Å². The van der Waals surface area contributed by atoms with Crippen LogP contribution < -0.4 is 0 Å². The van der Waals surface area contributed by atoms with Crippen LogP contribution in [0.1, 0.15) is 22.3 Å². The molecule has 12 rings (SSSR count). The summed E-state index contributed by atoms with van der Waals surface area (Å²) in [5.74, 6) is 0. The third-order valence-electron chi connectivity index (χ3n) is 12.4. The Balaban J connectivity index is 1.01. The van der Waals surface area contributed by atoms with Crippen molar-refractivity contribution in [1.82, 2.24) is 9.13 Å². The van der Waals surface area contributed by atoms with Gasteiger partial charge in [0.05, 0.1) is 27.5 Å². The highest BCUT2D eigenvalue weighted by Gasteiger charge is 2.46. The van der Waals surface area contributed by atoms with Gasteiger partial charge in [-0.15, -0.1) is 0 Å². The lowest BCUT2D eigenvalue weighted by atomic mass is 9.67. The molecule has 1 aliphatic carbocycles. The van der Waals surface area contributed by atoms with Gasteiger partial charge in [0, 0.05) is 32.9 Å². The minimum absolute atomic E-state index is 0.459. The largest absolute Gasteiger partial charge is 0.309 e. The number of hydrogen-bond donors (Lipinski definition) is 0. The molecule has 11 aromatic rings. The molecule has 0 aliphatic heterocycles. The number of aromatic nitrogens is 2. The van der Waals surface area contributed by atoms with Crippen molar-refractivity contribution < 1.29 is 0 Å². The zero-order chi connectivity index (χ0) is 37.5. The van der Waals surface area contributed by atoms with Crippen LogP contribution in [-0.2, 0) is 5.41 Å². The summed E-state index contributed by atoms with van der Waals surface area (Å²) in [6.07, 6.45) is 0. The normalized spacial score (nSPS) is 13.1. The quantitative estimate of drug-likeness (QED) is 0.167. The fourth-order valence-corrected chi connectivity index (χ4v) is 9.99. The van der Waals surface area contributed by atoms with Crippen LogP contribution in [-0.4, -0.2) is 9.13 Å². The lowest BCUT2D eigenvalue weighted by Gasteiger charge is -2.34. The maximum absolute atomic E-state index is 2.49. The van der Waals surface area contributed by atoms with Crippen molar-refractivity contribution in [2.24, 2.45) is 0 Å². The van der Waals surface area contributed by atoms with Gasteiger partial charge >= 0.3 is 0 Å². The van der Waals surface area contributed by atoms with Gasteiger partial charge < -0.3 is 9.13 Å². The number of fused-ring (bicyclic) bond motifs is 9. The van der Waals surface area contributed by atoms with Gasteiger partial charge in [0.25, 0.3) is 0 Å². The number of benzene rings is 9. The maximum atomic E-state index is 2.49. The predicted molar refractivity (Wildman–Crippen MR) is 238 cm³/mol. The fourth-order valence-electron chi connectivity index (χ4n) is 9.99. The van der Waals surface area contributed by atoms with Crippen molar-refractivity contribution in [3.63, 3.8) is 0 Å². The van der Waals surface area contributed by atoms with Crippen LogP contribution in [0, 0.1) is 0 Å². The van der Waals surface area contributed by atoms with E-state index in [2.05, 4.69) is 228 Å². The first kappa shape index (κ1) is 31.9. The summed E-state index contributed by atoms with van der Waals surface area (Å²) in [7, 11) is 0. The van der Waals surface area contributed by atoms with Crippen LogP contribution in [0.4, 0.5) is 0 Å². The molecule has 0 N–H and O–H groups in total. The van der Waals surface area contributed by atoms with E-state index in [1.807, 2.05) is 0 Å². The van der Waals surface area contributed by atoms with Gasteiger partial charge in [0.15, 0.2) is 0 Å². The average molecular weight is 725 g/mol. The number of nitrogens with zero attached hydrogens (tertiary/aromatic N) is 2. The Morgan fingerprint density at radius 1 is 0.281 bits per heavy atom. The second kappa shape index (κ2) is 12.3. The van der Waals surface area contributed by atoms with E-state index in [0.29, 0.717) is 0 Å². The van der Waals surface area contributed by atoms with E-state index in [1.54, 1.807) is 0 Å².